The molecule has 28 heavy (non-hydrogen) atoms. The Morgan fingerprint density at radius 1 is 1.29 bits per heavy atom. The fourth-order valence-electron chi connectivity index (χ4n) is 3.65. The minimum Gasteiger partial charge on any atom is -0.379 e. The van der Waals surface area contributed by atoms with Crippen LogP contribution in [0.4, 0.5) is 0 Å². The van der Waals surface area contributed by atoms with E-state index < -0.39 is 5.60 Å². The van der Waals surface area contributed by atoms with Gasteiger partial charge in [0.25, 0.3) is 5.91 Å². The third-order valence-corrected chi connectivity index (χ3v) is 5.47. The molecule has 1 aliphatic heterocycles. The predicted octanol–water partition coefficient (Wildman–Crippen LogP) is 1.62. The molecule has 0 bridgehead atoms. The molecule has 7 nitrogen and oxygen atoms in total. The van der Waals surface area contributed by atoms with Crippen LogP contribution in [-0.4, -0.2) is 55.9 Å². The third-order valence-electron chi connectivity index (χ3n) is 5.47. The molecule has 2 aromatic rings. The molecule has 1 aromatic carbocycles. The Morgan fingerprint density at radius 3 is 2.68 bits per heavy atom. The zero-order valence-corrected chi connectivity index (χ0v) is 17.1. The number of rotatable bonds is 8. The van der Waals surface area contributed by atoms with Crippen molar-refractivity contribution in [1.82, 2.24) is 25.0 Å². The Morgan fingerprint density at radius 2 is 2.04 bits per heavy atom. The molecule has 1 atom stereocenters. The van der Waals surface area contributed by atoms with Crippen molar-refractivity contribution in [1.29, 1.82) is 0 Å². The molecule has 1 saturated heterocycles. The van der Waals surface area contributed by atoms with Gasteiger partial charge in [-0.3, -0.25) is 9.48 Å². The zero-order valence-electron chi connectivity index (χ0n) is 17.1. The standard InChI is InChI=1S/C21H31N5O2/c1-16(2)18-7-5-17(6-8-18)13-26-12-4-10-21(28,20(26)27)14-22-11-9-19-23-15-24-25(19)3/h5-8,15-16,22,28H,4,9-14H2,1-3H3/t21-/m1/s1. The average Bonchev–Trinajstić information content (AvgIpc) is 3.08. The Kier molecular flexibility index (Phi) is 6.46. The summed E-state index contributed by atoms with van der Waals surface area (Å²) in [7, 11) is 1.85. The van der Waals surface area contributed by atoms with Crippen LogP contribution < -0.4 is 5.32 Å². The topological polar surface area (TPSA) is 83.3 Å². The van der Waals surface area contributed by atoms with E-state index in [1.165, 1.54) is 11.9 Å². The number of carbonyl (C=O) groups is 1. The lowest BCUT2D eigenvalue weighted by Crippen LogP contribution is -2.57. The van der Waals surface area contributed by atoms with Crippen molar-refractivity contribution in [3.05, 3.63) is 47.5 Å². The van der Waals surface area contributed by atoms with Crippen LogP contribution in [0.3, 0.4) is 0 Å². The van der Waals surface area contributed by atoms with Gasteiger partial charge in [-0.2, -0.15) is 5.10 Å². The van der Waals surface area contributed by atoms with Gasteiger partial charge in [-0.1, -0.05) is 38.1 Å². The Balaban J connectivity index is 1.54. The first-order valence-corrected chi connectivity index (χ1v) is 10.0. The van der Waals surface area contributed by atoms with Crippen LogP contribution in [0.5, 0.6) is 0 Å². The van der Waals surface area contributed by atoms with Crippen molar-refractivity contribution in [3.8, 4) is 0 Å². The van der Waals surface area contributed by atoms with Gasteiger partial charge in [0.1, 0.15) is 12.2 Å². The molecule has 7 heteroatoms. The number of piperidine rings is 1. The molecule has 1 aliphatic rings. The Hall–Kier alpha value is -2.25. The number of hydrogen-bond acceptors (Lipinski definition) is 5. The lowest BCUT2D eigenvalue weighted by atomic mass is 9.91. The zero-order chi connectivity index (χ0) is 20.1. The summed E-state index contributed by atoms with van der Waals surface area (Å²) in [5, 5.41) is 18.2. The van der Waals surface area contributed by atoms with Gasteiger partial charge in [-0.25, -0.2) is 4.98 Å². The van der Waals surface area contributed by atoms with Crippen LogP contribution in [-0.2, 0) is 24.8 Å². The molecule has 0 radical (unpaired) electrons. The number of hydrogen-bond donors (Lipinski definition) is 2. The van der Waals surface area contributed by atoms with E-state index in [0.717, 1.165) is 17.8 Å². The van der Waals surface area contributed by atoms with Crippen LogP contribution in [0, 0.1) is 0 Å². The summed E-state index contributed by atoms with van der Waals surface area (Å²) in [4.78, 5) is 18.9. The van der Waals surface area contributed by atoms with Crippen LogP contribution >= 0.6 is 0 Å². The molecule has 3 rings (SSSR count). The van der Waals surface area contributed by atoms with E-state index in [-0.39, 0.29) is 12.5 Å². The number of benzene rings is 1. The van der Waals surface area contributed by atoms with E-state index in [9.17, 15) is 9.90 Å². The maximum Gasteiger partial charge on any atom is 0.256 e. The van der Waals surface area contributed by atoms with Crippen LogP contribution in [0.15, 0.2) is 30.6 Å². The maximum atomic E-state index is 12.9. The molecule has 0 saturated carbocycles. The number of aliphatic hydroxyl groups is 1. The molecular weight excluding hydrogens is 354 g/mol. The van der Waals surface area contributed by atoms with Crippen molar-refractivity contribution in [3.63, 3.8) is 0 Å². The van der Waals surface area contributed by atoms with Gasteiger partial charge in [0.15, 0.2) is 5.60 Å². The molecule has 0 spiro atoms. The first-order valence-electron chi connectivity index (χ1n) is 10.0. The number of carbonyl (C=O) groups excluding carboxylic acids is 1. The summed E-state index contributed by atoms with van der Waals surface area (Å²) in [5.41, 5.74) is 1.05. The SMILES string of the molecule is CC(C)c1ccc(CN2CCC[C@@](O)(CNCCc3ncnn3C)C2=O)cc1. The number of amides is 1. The van der Waals surface area contributed by atoms with Gasteiger partial charge in [-0.05, 0) is 29.9 Å². The summed E-state index contributed by atoms with van der Waals surface area (Å²) < 4.78 is 1.73. The number of nitrogens with one attached hydrogen (secondary N) is 1. The lowest BCUT2D eigenvalue weighted by Gasteiger charge is -2.38. The number of likely N-dealkylation sites (tertiary alicyclic amines) is 1. The normalized spacial score (nSPS) is 20.2. The molecule has 152 valence electrons. The van der Waals surface area contributed by atoms with Crippen molar-refractivity contribution < 1.29 is 9.90 Å². The van der Waals surface area contributed by atoms with Crippen LogP contribution in [0.25, 0.3) is 0 Å². The molecule has 2 N–H and O–H groups in total. The summed E-state index contributed by atoms with van der Waals surface area (Å²) >= 11 is 0. The monoisotopic (exact) mass is 385 g/mol. The number of aryl methyl sites for hydroxylation is 1. The molecular formula is C21H31N5O2. The highest BCUT2D eigenvalue weighted by Crippen LogP contribution is 2.24. The predicted molar refractivity (Wildman–Crippen MR) is 108 cm³/mol. The molecule has 2 heterocycles. The first-order chi connectivity index (χ1) is 13.4. The summed E-state index contributed by atoms with van der Waals surface area (Å²) in [6, 6.07) is 8.40. The highest BCUT2D eigenvalue weighted by molar-refractivity contribution is 5.86. The van der Waals surface area contributed by atoms with Crippen LogP contribution in [0.2, 0.25) is 0 Å². The van der Waals surface area contributed by atoms with Gasteiger partial charge < -0.3 is 15.3 Å². The van der Waals surface area contributed by atoms with Gasteiger partial charge in [-0.15, -0.1) is 0 Å². The Bertz CT molecular complexity index is 786. The Labute approximate surface area is 166 Å². The number of nitrogens with zero attached hydrogens (tertiary/aromatic N) is 4. The van der Waals surface area contributed by atoms with Crippen LogP contribution in [0.1, 0.15) is 49.6 Å². The molecule has 1 fully saturated rings. The van der Waals surface area contributed by atoms with Crippen molar-refractivity contribution in [2.45, 2.75) is 51.2 Å². The van der Waals surface area contributed by atoms with Gasteiger partial charge >= 0.3 is 0 Å². The second-order valence-electron chi connectivity index (χ2n) is 7.98. The molecule has 1 aromatic heterocycles. The smallest absolute Gasteiger partial charge is 0.256 e. The van der Waals surface area contributed by atoms with Crippen molar-refractivity contribution >= 4 is 5.91 Å². The molecule has 0 aliphatic carbocycles. The van der Waals surface area contributed by atoms with E-state index in [4.69, 9.17) is 0 Å². The van der Waals surface area contributed by atoms with E-state index in [2.05, 4.69) is 53.5 Å². The summed E-state index contributed by atoms with van der Waals surface area (Å²) in [5.74, 6) is 1.18. The maximum absolute atomic E-state index is 12.9. The largest absolute Gasteiger partial charge is 0.379 e. The van der Waals surface area contributed by atoms with Crippen molar-refractivity contribution in [2.75, 3.05) is 19.6 Å². The van der Waals surface area contributed by atoms with E-state index >= 15 is 0 Å². The minimum atomic E-state index is -1.34. The highest BCUT2D eigenvalue weighted by atomic mass is 16.3. The lowest BCUT2D eigenvalue weighted by molar-refractivity contribution is -0.157. The second kappa shape index (κ2) is 8.84. The third kappa shape index (κ3) is 4.77. The quantitative estimate of drug-likeness (QED) is 0.675. The second-order valence-corrected chi connectivity index (χ2v) is 7.98. The molecule has 0 unspecified atom stereocenters. The molecule has 1 amide bonds. The van der Waals surface area contributed by atoms with Gasteiger partial charge in [0.2, 0.25) is 0 Å². The fraction of sp³-hybridized carbons (Fsp3) is 0.571. The number of aromatic nitrogens is 3. The van der Waals surface area contributed by atoms with Gasteiger partial charge in [0, 0.05) is 39.6 Å². The summed E-state index contributed by atoms with van der Waals surface area (Å²) in [6.07, 6.45) is 3.52. The van der Waals surface area contributed by atoms with Gasteiger partial charge in [0.05, 0.1) is 0 Å². The van der Waals surface area contributed by atoms with E-state index in [1.807, 2.05) is 7.05 Å². The van der Waals surface area contributed by atoms with Crippen molar-refractivity contribution in [2.24, 2.45) is 7.05 Å². The minimum absolute atomic E-state index is 0.183. The van der Waals surface area contributed by atoms with E-state index in [1.54, 1.807) is 9.58 Å². The van der Waals surface area contributed by atoms with E-state index in [0.29, 0.717) is 38.4 Å². The first kappa shape index (κ1) is 20.5. The summed E-state index contributed by atoms with van der Waals surface area (Å²) in [6.45, 7) is 6.46. The fourth-order valence-corrected chi connectivity index (χ4v) is 3.65. The highest BCUT2D eigenvalue weighted by Gasteiger charge is 2.41. The average molecular weight is 386 g/mol.